The van der Waals surface area contributed by atoms with E-state index in [-0.39, 0.29) is 6.61 Å². The Kier molecular flexibility index (Phi) is 11.4. The molecule has 5 atom stereocenters. The van der Waals surface area contributed by atoms with E-state index in [4.69, 9.17) is 24.1 Å². The normalized spacial score (nSPS) is 22.7. The molecule has 8 nitrogen and oxygen atoms in total. The maximum Gasteiger partial charge on any atom is 0.303 e. The van der Waals surface area contributed by atoms with Gasteiger partial charge in [-0.2, -0.15) is 0 Å². The fourth-order valence-electron chi connectivity index (χ4n) is 4.78. The van der Waals surface area contributed by atoms with Crippen molar-refractivity contribution in [1.29, 1.82) is 0 Å². The molecule has 1 heterocycles. The zero-order chi connectivity index (χ0) is 28.5. The molecule has 0 spiro atoms. The van der Waals surface area contributed by atoms with Crippen LogP contribution in [0.2, 0.25) is 0 Å². The standard InChI is InChI=1S/C30H38O8S/c1-18-9-14-24(17-25(18)16-23-12-10-22(11-13-23)8-6-7-15-31)26-27(35-19(2)32)28(36-20(3)33)29(37-21(4)34)30(38-26)39-5/h9-14,17,26-31H,6-8,15-16H2,1-5H3/t26-,27-,28+,29-,30+/m0/s1. The summed E-state index contributed by atoms with van der Waals surface area (Å²) >= 11 is 1.32. The monoisotopic (exact) mass is 558 g/mol. The molecule has 212 valence electrons. The number of aryl methyl sites for hydroxylation is 2. The van der Waals surface area contributed by atoms with Crippen LogP contribution in [0.15, 0.2) is 42.5 Å². The third kappa shape index (κ3) is 8.55. The van der Waals surface area contributed by atoms with Gasteiger partial charge in [0.25, 0.3) is 0 Å². The van der Waals surface area contributed by atoms with E-state index in [1.165, 1.54) is 38.1 Å². The Bertz CT molecular complexity index is 1130. The maximum absolute atomic E-state index is 12.1. The third-order valence-electron chi connectivity index (χ3n) is 6.63. The fraction of sp³-hybridized carbons (Fsp3) is 0.500. The van der Waals surface area contributed by atoms with Crippen LogP contribution in [-0.2, 0) is 46.2 Å². The first-order valence-corrected chi connectivity index (χ1v) is 14.4. The predicted molar refractivity (Wildman–Crippen MR) is 148 cm³/mol. The lowest BCUT2D eigenvalue weighted by Gasteiger charge is -2.44. The van der Waals surface area contributed by atoms with Crippen LogP contribution in [0.25, 0.3) is 0 Å². The zero-order valence-corrected chi connectivity index (χ0v) is 24.0. The highest BCUT2D eigenvalue weighted by atomic mass is 32.2. The van der Waals surface area contributed by atoms with Gasteiger partial charge in [-0.25, -0.2) is 0 Å². The molecule has 1 fully saturated rings. The lowest BCUT2D eigenvalue weighted by atomic mass is 9.90. The van der Waals surface area contributed by atoms with Crippen molar-refractivity contribution in [2.75, 3.05) is 12.9 Å². The van der Waals surface area contributed by atoms with E-state index in [0.29, 0.717) is 6.42 Å². The molecule has 39 heavy (non-hydrogen) atoms. The van der Waals surface area contributed by atoms with E-state index in [1.54, 1.807) is 0 Å². The first-order valence-electron chi connectivity index (χ1n) is 13.1. The molecule has 2 aromatic rings. The van der Waals surface area contributed by atoms with Gasteiger partial charge in [-0.3, -0.25) is 14.4 Å². The second-order valence-electron chi connectivity index (χ2n) is 9.74. The van der Waals surface area contributed by atoms with Crippen molar-refractivity contribution in [1.82, 2.24) is 0 Å². The van der Waals surface area contributed by atoms with Gasteiger partial charge in [0.1, 0.15) is 11.5 Å². The number of esters is 3. The number of unbranched alkanes of at least 4 members (excludes halogenated alkanes) is 1. The van der Waals surface area contributed by atoms with E-state index in [1.807, 2.05) is 31.4 Å². The molecule has 9 heteroatoms. The van der Waals surface area contributed by atoms with E-state index in [0.717, 1.165) is 41.5 Å². The first-order chi connectivity index (χ1) is 18.6. The maximum atomic E-state index is 12.1. The fourth-order valence-corrected chi connectivity index (χ4v) is 5.48. The number of ether oxygens (including phenoxy) is 4. The van der Waals surface area contributed by atoms with Gasteiger partial charge in [-0.15, -0.1) is 11.8 Å². The molecule has 0 bridgehead atoms. The second kappa shape index (κ2) is 14.5. The Morgan fingerprint density at radius 3 is 2.03 bits per heavy atom. The van der Waals surface area contributed by atoms with Gasteiger partial charge in [0.2, 0.25) is 0 Å². The van der Waals surface area contributed by atoms with Crippen LogP contribution in [0.3, 0.4) is 0 Å². The van der Waals surface area contributed by atoms with Gasteiger partial charge >= 0.3 is 17.9 Å². The number of carbonyl (C=O) groups is 3. The quantitative estimate of drug-likeness (QED) is 0.243. The van der Waals surface area contributed by atoms with Crippen LogP contribution >= 0.6 is 11.8 Å². The molecule has 0 radical (unpaired) electrons. The Labute approximate surface area is 234 Å². The molecule has 1 aliphatic rings. The van der Waals surface area contributed by atoms with Gasteiger partial charge in [-0.05, 0) is 66.7 Å². The topological polar surface area (TPSA) is 108 Å². The van der Waals surface area contributed by atoms with E-state index in [9.17, 15) is 14.4 Å². The molecule has 0 unspecified atom stereocenters. The van der Waals surface area contributed by atoms with Gasteiger partial charge in [-0.1, -0.05) is 42.5 Å². The molecule has 1 N–H and O–H groups in total. The summed E-state index contributed by atoms with van der Waals surface area (Å²) < 4.78 is 23.1. The van der Waals surface area contributed by atoms with Crippen LogP contribution in [0.1, 0.15) is 67.5 Å². The Balaban J connectivity index is 1.93. The summed E-state index contributed by atoms with van der Waals surface area (Å²) in [6.45, 7) is 6.05. The number of rotatable bonds is 11. The predicted octanol–water partition coefficient (Wildman–Crippen LogP) is 4.46. The minimum atomic E-state index is -1.05. The number of hydrogen-bond donors (Lipinski definition) is 1. The molecule has 1 aliphatic heterocycles. The summed E-state index contributed by atoms with van der Waals surface area (Å²) in [5, 5.41) is 9.01. The lowest BCUT2D eigenvalue weighted by Crippen LogP contribution is -2.57. The highest BCUT2D eigenvalue weighted by molar-refractivity contribution is 7.99. The SMILES string of the molecule is CS[C@H]1O[C@@H](c2ccc(C)c(Cc3ccc(CCCCO)cc3)c2)[C@H](OC(C)=O)[C@@H](OC(C)=O)[C@@H]1OC(C)=O. The van der Waals surface area contributed by atoms with Gasteiger partial charge in [0, 0.05) is 27.4 Å². The summed E-state index contributed by atoms with van der Waals surface area (Å²) in [7, 11) is 0. The summed E-state index contributed by atoms with van der Waals surface area (Å²) in [6, 6.07) is 14.4. The second-order valence-corrected chi connectivity index (χ2v) is 10.7. The van der Waals surface area contributed by atoms with Crippen LogP contribution in [0, 0.1) is 6.92 Å². The molecule has 0 amide bonds. The number of aliphatic hydroxyl groups is 1. The van der Waals surface area contributed by atoms with E-state index in [2.05, 4.69) is 24.3 Å². The van der Waals surface area contributed by atoms with Crippen molar-refractivity contribution in [3.8, 4) is 0 Å². The molecule has 0 aromatic heterocycles. The van der Waals surface area contributed by atoms with E-state index >= 15 is 0 Å². The van der Waals surface area contributed by atoms with Crippen LogP contribution in [-0.4, -0.2) is 59.6 Å². The van der Waals surface area contributed by atoms with Crippen molar-refractivity contribution in [3.05, 3.63) is 70.3 Å². The highest BCUT2D eigenvalue weighted by Crippen LogP contribution is 2.40. The molecular formula is C30H38O8S. The zero-order valence-electron chi connectivity index (χ0n) is 23.2. The molecule has 2 aromatic carbocycles. The molecule has 3 rings (SSSR count). The van der Waals surface area contributed by atoms with Crippen LogP contribution in [0.4, 0.5) is 0 Å². The largest absolute Gasteiger partial charge is 0.455 e. The van der Waals surface area contributed by atoms with Gasteiger partial charge in [0.05, 0.1) is 0 Å². The van der Waals surface area contributed by atoms with Crippen LogP contribution < -0.4 is 0 Å². The number of carbonyl (C=O) groups excluding carboxylic acids is 3. The van der Waals surface area contributed by atoms with Crippen molar-refractivity contribution in [3.63, 3.8) is 0 Å². The smallest absolute Gasteiger partial charge is 0.303 e. The summed E-state index contributed by atoms with van der Waals surface area (Å²) in [6.07, 6.45) is 1.40. The average molecular weight is 559 g/mol. The first kappa shape index (κ1) is 30.7. The Morgan fingerprint density at radius 1 is 0.846 bits per heavy atom. The van der Waals surface area contributed by atoms with Gasteiger partial charge < -0.3 is 24.1 Å². The lowest BCUT2D eigenvalue weighted by molar-refractivity contribution is -0.233. The number of hydrogen-bond acceptors (Lipinski definition) is 9. The Hall–Kier alpha value is -2.88. The Morgan fingerprint density at radius 2 is 1.44 bits per heavy atom. The van der Waals surface area contributed by atoms with Crippen molar-refractivity contribution < 1.29 is 38.4 Å². The minimum Gasteiger partial charge on any atom is -0.455 e. The molecule has 0 aliphatic carbocycles. The summed E-state index contributed by atoms with van der Waals surface area (Å²) in [5.74, 6) is -1.71. The van der Waals surface area contributed by atoms with Crippen molar-refractivity contribution in [2.45, 2.75) is 83.2 Å². The summed E-state index contributed by atoms with van der Waals surface area (Å²) in [5.41, 5.74) is 4.67. The summed E-state index contributed by atoms with van der Waals surface area (Å²) in [4.78, 5) is 36.1. The average Bonchev–Trinajstić information content (AvgIpc) is 2.88. The number of aliphatic hydroxyl groups excluding tert-OH is 1. The number of benzene rings is 2. The van der Waals surface area contributed by atoms with Crippen molar-refractivity contribution >= 4 is 29.7 Å². The van der Waals surface area contributed by atoms with E-state index < -0.39 is 47.8 Å². The molecule has 1 saturated heterocycles. The third-order valence-corrected chi connectivity index (χ3v) is 7.47. The molecular weight excluding hydrogens is 520 g/mol. The number of thioether (sulfide) groups is 1. The van der Waals surface area contributed by atoms with Crippen LogP contribution in [0.5, 0.6) is 0 Å². The van der Waals surface area contributed by atoms with Crippen molar-refractivity contribution in [2.24, 2.45) is 0 Å². The molecule has 0 saturated carbocycles. The minimum absolute atomic E-state index is 0.209. The van der Waals surface area contributed by atoms with Gasteiger partial charge in [0.15, 0.2) is 18.3 Å². The highest BCUT2D eigenvalue weighted by Gasteiger charge is 2.52.